The van der Waals surface area contributed by atoms with Crippen LogP contribution in [0.2, 0.25) is 0 Å². The minimum absolute atomic E-state index is 0.00377. The van der Waals surface area contributed by atoms with Crippen molar-refractivity contribution in [3.05, 3.63) is 77.1 Å². The van der Waals surface area contributed by atoms with Gasteiger partial charge in [0.2, 0.25) is 5.82 Å². The fraction of sp³-hybridized carbons (Fsp3) is 0.514. The Morgan fingerprint density at radius 2 is 1.66 bits per heavy atom. The van der Waals surface area contributed by atoms with Gasteiger partial charge in [0.25, 0.3) is 5.91 Å². The third-order valence-electron chi connectivity index (χ3n) is 9.28. The summed E-state index contributed by atoms with van der Waals surface area (Å²) >= 11 is 0. The largest absolute Gasteiger partial charge is 0.484 e. The first kappa shape index (κ1) is 35.2. The number of anilines is 1. The molecule has 4 N–H and O–H groups in total. The van der Waals surface area contributed by atoms with Crippen LogP contribution in [0.15, 0.2) is 48.7 Å². The molecule has 0 radical (unpaired) electrons. The highest BCUT2D eigenvalue weighted by molar-refractivity contribution is 5.92. The van der Waals surface area contributed by atoms with Crippen molar-refractivity contribution in [1.29, 1.82) is 0 Å². The van der Waals surface area contributed by atoms with Gasteiger partial charge in [-0.15, -0.1) is 10.2 Å². The van der Waals surface area contributed by atoms with Crippen molar-refractivity contribution in [2.75, 3.05) is 31.5 Å². The van der Waals surface area contributed by atoms with E-state index in [0.29, 0.717) is 31.6 Å². The number of aliphatic hydroxyl groups is 1. The Bertz CT molecular complexity index is 1840. The lowest BCUT2D eigenvalue weighted by Crippen LogP contribution is -2.41. The highest BCUT2D eigenvalue weighted by Gasteiger charge is 2.30. The van der Waals surface area contributed by atoms with Crippen LogP contribution in [0.3, 0.4) is 0 Å². The van der Waals surface area contributed by atoms with Crippen LogP contribution in [0, 0.1) is 0 Å². The summed E-state index contributed by atoms with van der Waals surface area (Å²) in [4.78, 5) is 37.8. The summed E-state index contributed by atoms with van der Waals surface area (Å²) in [6.45, 7) is 15.0. The van der Waals surface area contributed by atoms with Crippen molar-refractivity contribution in [1.82, 2.24) is 40.1 Å². The monoisotopic (exact) mass is 683 g/mol. The van der Waals surface area contributed by atoms with E-state index in [0.717, 1.165) is 54.3 Å². The molecule has 266 valence electrons. The molecule has 4 aromatic rings. The molecule has 1 aliphatic carbocycles. The predicted molar refractivity (Wildman–Crippen MR) is 190 cm³/mol. The summed E-state index contributed by atoms with van der Waals surface area (Å²) in [7, 11) is 0. The summed E-state index contributed by atoms with van der Waals surface area (Å²) in [6, 6.07) is 12.9. The molecule has 13 nitrogen and oxygen atoms in total. The van der Waals surface area contributed by atoms with Crippen LogP contribution in [0.25, 0.3) is 5.65 Å². The van der Waals surface area contributed by atoms with Gasteiger partial charge in [-0.2, -0.15) is 0 Å². The molecule has 13 heteroatoms. The average molecular weight is 684 g/mol. The molecule has 1 fully saturated rings. The van der Waals surface area contributed by atoms with Gasteiger partial charge in [0.15, 0.2) is 5.65 Å². The van der Waals surface area contributed by atoms with Crippen molar-refractivity contribution in [3.63, 3.8) is 0 Å². The minimum Gasteiger partial charge on any atom is -0.484 e. The van der Waals surface area contributed by atoms with Crippen molar-refractivity contribution < 1.29 is 19.4 Å². The highest BCUT2D eigenvalue weighted by Crippen LogP contribution is 2.39. The molecule has 0 saturated carbocycles. The summed E-state index contributed by atoms with van der Waals surface area (Å²) < 4.78 is 8.53. The number of fused-ring (bicyclic) bond motifs is 2. The number of benzene rings is 1. The van der Waals surface area contributed by atoms with Crippen molar-refractivity contribution in [2.24, 2.45) is 0 Å². The van der Waals surface area contributed by atoms with Gasteiger partial charge in [-0.1, -0.05) is 65.8 Å². The standard InChI is InChI=1S/C37H49N9O4/c1-36(2,3)29-21-30(41-32(40-29)33(48)38-17-20-45-18-15-23(47)16-19-45)42-35(49)39-27-12-13-28(26-10-8-7-9-25(26)27)50-24-11-14-31-43-44-34(37(4,5)6)46(31)22-24/h7-11,14,21-23,27-28,47H,12-13,15-20H2,1-6H3,(H,38,48)(H2,39,40,41,42,49)/t27-,28+/m0/s1. The zero-order valence-corrected chi connectivity index (χ0v) is 29.9. The molecule has 0 bridgehead atoms. The second kappa shape index (κ2) is 14.3. The molecule has 0 unspecified atom stereocenters. The molecular weight excluding hydrogens is 634 g/mol. The molecule has 4 heterocycles. The first-order valence-electron chi connectivity index (χ1n) is 17.5. The second-order valence-electron chi connectivity index (χ2n) is 15.4. The fourth-order valence-electron chi connectivity index (χ4n) is 6.50. The lowest BCUT2D eigenvalue weighted by atomic mass is 9.85. The molecule has 1 aromatic carbocycles. The zero-order chi connectivity index (χ0) is 35.6. The van der Waals surface area contributed by atoms with E-state index in [2.05, 4.69) is 61.8 Å². The number of hydrogen-bond acceptors (Lipinski definition) is 9. The number of likely N-dealkylation sites (tertiary alicyclic amines) is 1. The summed E-state index contributed by atoms with van der Waals surface area (Å²) in [5.41, 5.74) is 2.84. The number of piperidine rings is 1. The average Bonchev–Trinajstić information content (AvgIpc) is 3.50. The SMILES string of the molecule is CC(C)(C)c1cc(NC(=O)N[C@H]2CC[C@@H](Oc3ccc4nnc(C(C)(C)C)n4c3)c3ccccc32)nc(C(=O)NCCN2CCC(O)CC2)n1. The second-order valence-corrected chi connectivity index (χ2v) is 15.4. The van der Waals surface area contributed by atoms with Crippen molar-refractivity contribution in [3.8, 4) is 5.75 Å². The van der Waals surface area contributed by atoms with E-state index in [9.17, 15) is 14.7 Å². The third-order valence-corrected chi connectivity index (χ3v) is 9.28. The topological polar surface area (TPSA) is 159 Å². The Kier molecular flexibility index (Phi) is 10.1. The maximum atomic E-state index is 13.4. The molecule has 0 spiro atoms. The van der Waals surface area contributed by atoms with Crippen molar-refractivity contribution in [2.45, 2.75) is 96.3 Å². The lowest BCUT2D eigenvalue weighted by Gasteiger charge is -2.32. The number of carbonyl (C=O) groups is 2. The zero-order valence-electron chi connectivity index (χ0n) is 29.9. The number of urea groups is 1. The van der Waals surface area contributed by atoms with Crippen molar-refractivity contribution >= 4 is 23.4 Å². The van der Waals surface area contributed by atoms with Gasteiger partial charge >= 0.3 is 6.03 Å². The minimum atomic E-state index is -0.422. The number of aliphatic hydroxyl groups excluding tert-OH is 1. The number of pyridine rings is 1. The molecular formula is C37H49N9O4. The molecule has 50 heavy (non-hydrogen) atoms. The molecule has 3 aromatic heterocycles. The van der Waals surface area contributed by atoms with Crippen LogP contribution in [0.5, 0.6) is 5.75 Å². The number of hydrogen-bond donors (Lipinski definition) is 4. The van der Waals surface area contributed by atoms with E-state index in [1.54, 1.807) is 6.07 Å². The molecule has 2 aliphatic rings. The summed E-state index contributed by atoms with van der Waals surface area (Å²) in [6.07, 6.45) is 4.34. The van der Waals surface area contributed by atoms with Crippen LogP contribution in [0.1, 0.15) is 113 Å². The van der Waals surface area contributed by atoms with Gasteiger partial charge in [-0.25, -0.2) is 14.8 Å². The molecule has 2 atom stereocenters. The Morgan fingerprint density at radius 1 is 0.920 bits per heavy atom. The fourth-order valence-corrected chi connectivity index (χ4v) is 6.50. The number of aromatic nitrogens is 5. The van der Waals surface area contributed by atoms with E-state index in [1.807, 2.05) is 67.8 Å². The summed E-state index contributed by atoms with van der Waals surface area (Å²) in [5.74, 6) is 1.43. The van der Waals surface area contributed by atoms with E-state index in [4.69, 9.17) is 4.74 Å². The van der Waals surface area contributed by atoms with E-state index >= 15 is 0 Å². The van der Waals surface area contributed by atoms with Crippen LogP contribution >= 0.6 is 0 Å². The Morgan fingerprint density at radius 3 is 2.38 bits per heavy atom. The normalized spacial score (nSPS) is 18.8. The highest BCUT2D eigenvalue weighted by atomic mass is 16.5. The quantitative estimate of drug-likeness (QED) is 0.199. The number of amides is 3. The number of rotatable bonds is 8. The van der Waals surface area contributed by atoms with E-state index in [-0.39, 0.29) is 40.7 Å². The van der Waals surface area contributed by atoms with E-state index in [1.165, 1.54) is 0 Å². The maximum Gasteiger partial charge on any atom is 0.320 e. The summed E-state index contributed by atoms with van der Waals surface area (Å²) in [5, 5.41) is 27.4. The number of nitrogens with zero attached hydrogens (tertiary/aromatic N) is 6. The van der Waals surface area contributed by atoms with Gasteiger partial charge in [0.05, 0.1) is 24.0 Å². The molecule has 1 saturated heterocycles. The number of nitrogens with one attached hydrogen (secondary N) is 3. The first-order chi connectivity index (χ1) is 23.7. The lowest BCUT2D eigenvalue weighted by molar-refractivity contribution is 0.0802. The number of ether oxygens (including phenoxy) is 1. The predicted octanol–water partition coefficient (Wildman–Crippen LogP) is 5.08. The van der Waals surface area contributed by atoms with Gasteiger partial charge in [-0.05, 0) is 48.9 Å². The first-order valence-corrected chi connectivity index (χ1v) is 17.5. The smallest absolute Gasteiger partial charge is 0.320 e. The van der Waals surface area contributed by atoms with Crippen LogP contribution in [-0.4, -0.2) is 78.8 Å². The maximum absolute atomic E-state index is 13.4. The van der Waals surface area contributed by atoms with Crippen LogP contribution in [0.4, 0.5) is 10.6 Å². The molecule has 1 aliphatic heterocycles. The Hall–Kier alpha value is -4.62. The number of carbonyl (C=O) groups excluding carboxylic acids is 2. The van der Waals surface area contributed by atoms with E-state index < -0.39 is 11.9 Å². The Balaban J connectivity index is 1.12. The van der Waals surface area contributed by atoms with Gasteiger partial charge in [-0.3, -0.25) is 14.5 Å². The van der Waals surface area contributed by atoms with Crippen LogP contribution in [-0.2, 0) is 10.8 Å². The van der Waals surface area contributed by atoms with Gasteiger partial charge in [0, 0.05) is 43.1 Å². The molecule has 3 amide bonds. The Labute approximate surface area is 293 Å². The molecule has 6 rings (SSSR count). The van der Waals surface area contributed by atoms with Crippen LogP contribution < -0.4 is 20.7 Å². The third kappa shape index (κ3) is 8.22. The van der Waals surface area contributed by atoms with Gasteiger partial charge in [0.1, 0.15) is 23.5 Å². The van der Waals surface area contributed by atoms with Gasteiger partial charge < -0.3 is 25.4 Å².